The van der Waals surface area contributed by atoms with Gasteiger partial charge in [0.2, 0.25) is 5.91 Å². The number of carboxylic acid groups (broad SMARTS) is 1. The summed E-state index contributed by atoms with van der Waals surface area (Å²) in [5, 5.41) is 23.7. The summed E-state index contributed by atoms with van der Waals surface area (Å²) in [5.74, 6) is 1.87. The van der Waals surface area contributed by atoms with E-state index in [0.29, 0.717) is 41.4 Å². The lowest BCUT2D eigenvalue weighted by Crippen LogP contribution is -2.60. The summed E-state index contributed by atoms with van der Waals surface area (Å²) in [6.07, 6.45) is 9.23. The molecule has 1 aliphatic heterocycles. The Bertz CT molecular complexity index is 699. The van der Waals surface area contributed by atoms with E-state index in [9.17, 15) is 14.7 Å². The van der Waals surface area contributed by atoms with Crippen LogP contribution in [0.25, 0.3) is 0 Å². The average Bonchev–Trinajstić information content (AvgIpc) is 3.04. The molecule has 0 aromatic rings. The van der Waals surface area contributed by atoms with E-state index in [1.807, 2.05) is 0 Å². The first-order valence-corrected chi connectivity index (χ1v) is 12.5. The molecule has 8 atom stereocenters. The number of carbonyl (C=O) groups is 2. The van der Waals surface area contributed by atoms with Gasteiger partial charge < -0.3 is 20.4 Å². The lowest BCUT2D eigenvalue weighted by molar-refractivity contribution is -0.159. The summed E-state index contributed by atoms with van der Waals surface area (Å²) in [5.41, 5.74) is 0.643. The van der Waals surface area contributed by atoms with Crippen LogP contribution in [0.1, 0.15) is 71.6 Å². The number of aliphatic hydroxyl groups excluding tert-OH is 1. The van der Waals surface area contributed by atoms with Crippen LogP contribution in [0.2, 0.25) is 0 Å². The molecule has 4 rings (SSSR count). The van der Waals surface area contributed by atoms with Crippen molar-refractivity contribution in [3.05, 3.63) is 0 Å². The fourth-order valence-electron chi connectivity index (χ4n) is 8.43. The highest BCUT2D eigenvalue weighted by Gasteiger charge is 2.61. The Hall–Kier alpha value is -1.14. The third-order valence-electron chi connectivity index (χ3n) is 10.3. The molecule has 6 heteroatoms. The Morgan fingerprint density at radius 1 is 1.10 bits per heavy atom. The maximum Gasteiger partial charge on any atom is 0.323 e. The van der Waals surface area contributed by atoms with Crippen molar-refractivity contribution < 1.29 is 19.8 Å². The summed E-state index contributed by atoms with van der Waals surface area (Å²) in [7, 11) is 1.57. The highest BCUT2D eigenvalue weighted by atomic mass is 16.4. The van der Waals surface area contributed by atoms with Crippen molar-refractivity contribution in [3.63, 3.8) is 0 Å². The van der Waals surface area contributed by atoms with Crippen LogP contribution < -0.4 is 5.32 Å². The lowest BCUT2D eigenvalue weighted by Gasteiger charge is -2.62. The van der Waals surface area contributed by atoms with Gasteiger partial charge in [-0.25, -0.2) is 0 Å². The zero-order chi connectivity index (χ0) is 22.4. The third kappa shape index (κ3) is 4.03. The number of aliphatic hydroxyl groups is 1. The molecule has 0 bridgehead atoms. The van der Waals surface area contributed by atoms with E-state index < -0.39 is 5.97 Å². The van der Waals surface area contributed by atoms with Crippen LogP contribution in [0.4, 0.5) is 0 Å². The number of hydrogen-bond donors (Lipinski definition) is 3. The molecule has 0 aromatic carbocycles. The molecule has 0 aromatic heterocycles. The molecule has 7 unspecified atom stereocenters. The lowest BCUT2D eigenvalue weighted by atomic mass is 9.45. The first-order chi connectivity index (χ1) is 14.7. The van der Waals surface area contributed by atoms with Crippen LogP contribution in [-0.2, 0) is 9.59 Å². The van der Waals surface area contributed by atoms with E-state index in [1.165, 1.54) is 37.0 Å². The van der Waals surface area contributed by atoms with Gasteiger partial charge in [-0.05, 0) is 105 Å². The largest absolute Gasteiger partial charge is 0.480 e. The number of nitrogens with zero attached hydrogens (tertiary/aromatic N) is 1. The van der Waals surface area contributed by atoms with Crippen LogP contribution in [0.3, 0.4) is 0 Å². The van der Waals surface area contributed by atoms with Gasteiger partial charge in [-0.3, -0.25) is 9.59 Å². The SMILES string of the molecule is CN(CC(=O)O)C(=O)CCCC1CCC2C3C(O)C[C@@H]4CNCCC4(C)C3CCC12C. The van der Waals surface area contributed by atoms with E-state index in [2.05, 4.69) is 19.2 Å². The minimum absolute atomic E-state index is 0.0709. The van der Waals surface area contributed by atoms with E-state index in [0.717, 1.165) is 32.4 Å². The maximum absolute atomic E-state index is 12.2. The van der Waals surface area contributed by atoms with Crippen molar-refractivity contribution in [2.45, 2.75) is 77.7 Å². The van der Waals surface area contributed by atoms with Crippen LogP contribution in [0.15, 0.2) is 0 Å². The van der Waals surface area contributed by atoms with Gasteiger partial charge in [0.15, 0.2) is 0 Å². The molecule has 31 heavy (non-hydrogen) atoms. The summed E-state index contributed by atoms with van der Waals surface area (Å²) >= 11 is 0. The second-order valence-corrected chi connectivity index (χ2v) is 11.6. The molecule has 4 fully saturated rings. The molecule has 1 amide bonds. The van der Waals surface area contributed by atoms with Gasteiger partial charge in [0, 0.05) is 13.5 Å². The molecule has 3 aliphatic carbocycles. The van der Waals surface area contributed by atoms with Crippen molar-refractivity contribution in [1.82, 2.24) is 10.2 Å². The first kappa shape index (κ1) is 23.0. The van der Waals surface area contributed by atoms with Crippen LogP contribution in [0.5, 0.6) is 0 Å². The van der Waals surface area contributed by atoms with Gasteiger partial charge in [-0.15, -0.1) is 0 Å². The zero-order valence-corrected chi connectivity index (χ0v) is 19.6. The fourth-order valence-corrected chi connectivity index (χ4v) is 8.43. The number of rotatable bonds is 6. The number of amides is 1. The maximum atomic E-state index is 12.2. The fraction of sp³-hybridized carbons (Fsp3) is 0.920. The predicted molar refractivity (Wildman–Crippen MR) is 119 cm³/mol. The number of piperidine rings is 1. The molecule has 0 radical (unpaired) electrons. The zero-order valence-electron chi connectivity index (χ0n) is 19.6. The smallest absolute Gasteiger partial charge is 0.323 e. The number of aliphatic carboxylic acids is 1. The number of carboxylic acids is 1. The van der Waals surface area contributed by atoms with Gasteiger partial charge in [0.25, 0.3) is 0 Å². The standard InChI is InChI=1S/C25H42N2O4/c1-24-10-9-19-23(20(28)13-17-14-26-12-11-25(17,19)2)18(24)8-7-16(24)5-4-6-21(29)27(3)15-22(30)31/h16-20,23,26,28H,4-15H2,1-3H3,(H,30,31)/t16?,17-,18?,19?,20?,23?,24?,25?/m1/s1. The minimum Gasteiger partial charge on any atom is -0.480 e. The molecule has 176 valence electrons. The van der Waals surface area contributed by atoms with E-state index >= 15 is 0 Å². The molecule has 0 spiro atoms. The monoisotopic (exact) mass is 434 g/mol. The van der Waals surface area contributed by atoms with Crippen LogP contribution in [0, 0.1) is 40.4 Å². The average molecular weight is 435 g/mol. The Labute approximate surface area is 187 Å². The Balaban J connectivity index is 1.40. The second kappa shape index (κ2) is 8.66. The van der Waals surface area contributed by atoms with Gasteiger partial charge in [0.05, 0.1) is 6.10 Å². The first-order valence-electron chi connectivity index (χ1n) is 12.5. The Morgan fingerprint density at radius 3 is 2.58 bits per heavy atom. The van der Waals surface area contributed by atoms with E-state index in [4.69, 9.17) is 5.11 Å². The van der Waals surface area contributed by atoms with Crippen molar-refractivity contribution in [2.75, 3.05) is 26.7 Å². The molecule has 3 N–H and O–H groups in total. The number of carbonyl (C=O) groups excluding carboxylic acids is 1. The molecular formula is C25H42N2O4. The Kier molecular flexibility index (Phi) is 6.43. The summed E-state index contributed by atoms with van der Waals surface area (Å²) in [6, 6.07) is 0. The van der Waals surface area contributed by atoms with E-state index in [-0.39, 0.29) is 24.0 Å². The van der Waals surface area contributed by atoms with Gasteiger partial charge >= 0.3 is 5.97 Å². The highest BCUT2D eigenvalue weighted by Crippen LogP contribution is 2.66. The van der Waals surface area contributed by atoms with Gasteiger partial charge in [-0.2, -0.15) is 0 Å². The van der Waals surface area contributed by atoms with Crippen molar-refractivity contribution >= 4 is 11.9 Å². The Morgan fingerprint density at radius 2 is 1.84 bits per heavy atom. The number of nitrogens with one attached hydrogen (secondary N) is 1. The van der Waals surface area contributed by atoms with Crippen LogP contribution in [-0.4, -0.2) is 59.8 Å². The second-order valence-electron chi connectivity index (χ2n) is 11.6. The molecule has 1 heterocycles. The molecule has 4 aliphatic rings. The molecule has 6 nitrogen and oxygen atoms in total. The number of hydrogen-bond acceptors (Lipinski definition) is 4. The third-order valence-corrected chi connectivity index (χ3v) is 10.3. The molecule has 1 saturated heterocycles. The van der Waals surface area contributed by atoms with Gasteiger partial charge in [0.1, 0.15) is 6.54 Å². The summed E-state index contributed by atoms with van der Waals surface area (Å²) < 4.78 is 0. The summed E-state index contributed by atoms with van der Waals surface area (Å²) in [4.78, 5) is 24.4. The van der Waals surface area contributed by atoms with Crippen molar-refractivity contribution in [3.8, 4) is 0 Å². The van der Waals surface area contributed by atoms with Gasteiger partial charge in [-0.1, -0.05) is 13.8 Å². The van der Waals surface area contributed by atoms with Crippen molar-refractivity contribution in [2.24, 2.45) is 40.4 Å². The quantitative estimate of drug-likeness (QED) is 0.598. The molecular weight excluding hydrogens is 392 g/mol. The highest BCUT2D eigenvalue weighted by molar-refractivity contribution is 5.80. The van der Waals surface area contributed by atoms with Crippen molar-refractivity contribution in [1.29, 1.82) is 0 Å². The summed E-state index contributed by atoms with van der Waals surface area (Å²) in [6.45, 7) is 6.93. The molecule has 3 saturated carbocycles. The van der Waals surface area contributed by atoms with Crippen LogP contribution >= 0.6 is 0 Å². The van der Waals surface area contributed by atoms with E-state index in [1.54, 1.807) is 7.05 Å². The minimum atomic E-state index is -0.963. The topological polar surface area (TPSA) is 89.9 Å². The number of likely N-dealkylation sites (N-methyl/N-ethyl adjacent to an activating group) is 1. The normalized spacial score (nSPS) is 44.1. The number of fused-ring (bicyclic) bond motifs is 5. The predicted octanol–water partition coefficient (Wildman–Crippen LogP) is 3.14.